The summed E-state index contributed by atoms with van der Waals surface area (Å²) in [7, 11) is 1.40. The van der Waals surface area contributed by atoms with Crippen LogP contribution in [0.25, 0.3) is 0 Å². The summed E-state index contributed by atoms with van der Waals surface area (Å²) in [6, 6.07) is 0.300. The van der Waals surface area contributed by atoms with Gasteiger partial charge in [-0.25, -0.2) is 0 Å². The summed E-state index contributed by atoms with van der Waals surface area (Å²) in [5.41, 5.74) is 3.23. The molecule has 0 amide bonds. The average Bonchev–Trinajstić information content (AvgIpc) is 3.08. The molecule has 0 aromatic carbocycles. The first-order chi connectivity index (χ1) is 10.5. The molecule has 1 aliphatic rings. The van der Waals surface area contributed by atoms with Crippen LogP contribution in [0.4, 0.5) is 0 Å². The first kappa shape index (κ1) is 16.7. The minimum atomic E-state index is -0.224. The van der Waals surface area contributed by atoms with Crippen LogP contribution in [0.3, 0.4) is 0 Å². The second-order valence-electron chi connectivity index (χ2n) is 5.75. The fourth-order valence-corrected chi connectivity index (χ4v) is 2.80. The number of ether oxygens (including phenoxy) is 1. The Morgan fingerprint density at radius 3 is 2.91 bits per heavy atom. The van der Waals surface area contributed by atoms with E-state index in [0.29, 0.717) is 19.0 Å². The Kier molecular flexibility index (Phi) is 5.74. The number of carbonyl (C=O) groups is 1. The number of hydrogen-bond acceptors (Lipinski definition) is 5. The number of methoxy groups -OCH3 is 1. The van der Waals surface area contributed by atoms with Gasteiger partial charge >= 0.3 is 5.97 Å². The zero-order chi connectivity index (χ0) is 16.1. The van der Waals surface area contributed by atoms with Gasteiger partial charge in [0, 0.05) is 36.4 Å². The van der Waals surface area contributed by atoms with Gasteiger partial charge in [-0.05, 0) is 20.3 Å². The van der Waals surface area contributed by atoms with E-state index in [4.69, 9.17) is 5.11 Å². The van der Waals surface area contributed by atoms with E-state index < -0.39 is 0 Å². The number of aliphatic hydroxyl groups excluding tert-OH is 1. The lowest BCUT2D eigenvalue weighted by Crippen LogP contribution is -2.26. The molecule has 2 rings (SSSR count). The van der Waals surface area contributed by atoms with Crippen molar-refractivity contribution in [3.8, 4) is 0 Å². The number of carbonyl (C=O) groups excluding carboxylic acids is 1. The molecule has 6 heteroatoms. The molecule has 0 saturated carbocycles. The zero-order valence-electron chi connectivity index (χ0n) is 13.5. The summed E-state index contributed by atoms with van der Waals surface area (Å²) in [5.74, 6) is 0.0424. The van der Waals surface area contributed by atoms with E-state index >= 15 is 0 Å². The number of esters is 1. The average molecular weight is 307 g/mol. The summed E-state index contributed by atoms with van der Waals surface area (Å²) in [5, 5.41) is 17.1. The minimum absolute atomic E-state index is 0.207. The van der Waals surface area contributed by atoms with E-state index in [0.717, 1.165) is 24.4 Å². The van der Waals surface area contributed by atoms with Crippen molar-refractivity contribution in [3.63, 3.8) is 0 Å². The first-order valence-electron chi connectivity index (χ1n) is 7.67. The Hall–Kier alpha value is -1.66. The second-order valence-corrected chi connectivity index (χ2v) is 5.75. The number of aromatic nitrogens is 2. The quantitative estimate of drug-likeness (QED) is 0.582. The Labute approximate surface area is 131 Å². The first-order valence-corrected chi connectivity index (χ1v) is 7.67. The van der Waals surface area contributed by atoms with Gasteiger partial charge in [0.2, 0.25) is 0 Å². The van der Waals surface area contributed by atoms with Crippen LogP contribution < -0.4 is 5.32 Å². The third-order valence-corrected chi connectivity index (χ3v) is 4.23. The Morgan fingerprint density at radius 1 is 1.50 bits per heavy atom. The molecule has 1 heterocycles. The molecule has 2 N–H and O–H groups in total. The molecule has 0 spiro atoms. The highest BCUT2D eigenvalue weighted by Crippen LogP contribution is 2.19. The Morgan fingerprint density at radius 2 is 2.27 bits per heavy atom. The van der Waals surface area contributed by atoms with E-state index in [-0.39, 0.29) is 18.5 Å². The molecule has 1 aromatic rings. The van der Waals surface area contributed by atoms with Gasteiger partial charge in [0.15, 0.2) is 0 Å². The number of nitrogens with zero attached hydrogens (tertiary/aromatic N) is 2. The zero-order valence-corrected chi connectivity index (χ0v) is 13.5. The van der Waals surface area contributed by atoms with Crippen molar-refractivity contribution in [2.75, 3.05) is 13.7 Å². The van der Waals surface area contributed by atoms with Crippen LogP contribution in [0.5, 0.6) is 0 Å². The highest BCUT2D eigenvalue weighted by atomic mass is 16.5. The lowest BCUT2D eigenvalue weighted by Gasteiger charge is -2.13. The van der Waals surface area contributed by atoms with Crippen LogP contribution >= 0.6 is 0 Å². The SMILES string of the molecule is COC(=O)CCn1nc(C)c(CN[C@@H]2C=C[C@H](CO)C2)c1C. The predicted octanol–water partition coefficient (Wildman–Crippen LogP) is 1.09. The molecule has 0 saturated heterocycles. The maximum atomic E-state index is 11.2. The van der Waals surface area contributed by atoms with Crippen molar-refractivity contribution in [1.82, 2.24) is 15.1 Å². The van der Waals surface area contributed by atoms with Crippen LogP contribution in [0.1, 0.15) is 29.8 Å². The molecule has 6 nitrogen and oxygen atoms in total. The minimum Gasteiger partial charge on any atom is -0.469 e. The van der Waals surface area contributed by atoms with Crippen LogP contribution in [0.15, 0.2) is 12.2 Å². The van der Waals surface area contributed by atoms with Gasteiger partial charge in [0.1, 0.15) is 0 Å². The predicted molar refractivity (Wildman–Crippen MR) is 83.3 cm³/mol. The van der Waals surface area contributed by atoms with Crippen LogP contribution in [-0.2, 0) is 22.6 Å². The van der Waals surface area contributed by atoms with Gasteiger partial charge in [-0.15, -0.1) is 0 Å². The highest BCUT2D eigenvalue weighted by molar-refractivity contribution is 5.68. The number of hydrogen-bond donors (Lipinski definition) is 2. The van der Waals surface area contributed by atoms with Crippen molar-refractivity contribution in [2.45, 2.75) is 45.8 Å². The van der Waals surface area contributed by atoms with Crippen molar-refractivity contribution < 1.29 is 14.6 Å². The summed E-state index contributed by atoms with van der Waals surface area (Å²) >= 11 is 0. The normalized spacial score (nSPS) is 20.5. The Bertz CT molecular complexity index is 551. The molecular formula is C16H25N3O3. The summed E-state index contributed by atoms with van der Waals surface area (Å²) < 4.78 is 6.53. The molecule has 0 aliphatic heterocycles. The molecule has 1 aliphatic carbocycles. The van der Waals surface area contributed by atoms with Crippen molar-refractivity contribution in [1.29, 1.82) is 0 Å². The molecule has 22 heavy (non-hydrogen) atoms. The number of rotatable bonds is 7. The fraction of sp³-hybridized carbons (Fsp3) is 0.625. The van der Waals surface area contributed by atoms with Crippen LogP contribution in [0, 0.1) is 19.8 Å². The largest absolute Gasteiger partial charge is 0.469 e. The van der Waals surface area contributed by atoms with Crippen molar-refractivity contribution in [2.24, 2.45) is 5.92 Å². The van der Waals surface area contributed by atoms with E-state index in [2.05, 4.69) is 27.3 Å². The number of nitrogens with one attached hydrogen (secondary N) is 1. The monoisotopic (exact) mass is 307 g/mol. The van der Waals surface area contributed by atoms with Gasteiger partial charge in [0.05, 0.1) is 25.8 Å². The van der Waals surface area contributed by atoms with Gasteiger partial charge < -0.3 is 15.2 Å². The van der Waals surface area contributed by atoms with Crippen molar-refractivity contribution in [3.05, 3.63) is 29.1 Å². The summed E-state index contributed by atoms with van der Waals surface area (Å²) in [6.07, 6.45) is 5.45. The van der Waals surface area contributed by atoms with Gasteiger partial charge in [0.25, 0.3) is 0 Å². The molecule has 0 unspecified atom stereocenters. The standard InChI is InChI=1S/C16H25N3O3/c1-11-15(9-17-14-5-4-13(8-14)10-20)12(2)19(18-11)7-6-16(21)22-3/h4-5,13-14,17,20H,6-10H2,1-3H3/t13-,14+/m0/s1. The molecule has 0 fully saturated rings. The van der Waals surface area contributed by atoms with Crippen molar-refractivity contribution >= 4 is 5.97 Å². The maximum absolute atomic E-state index is 11.2. The third kappa shape index (κ3) is 3.96. The molecular weight excluding hydrogens is 282 g/mol. The second kappa shape index (κ2) is 7.56. The van der Waals surface area contributed by atoms with Gasteiger partial charge in [-0.1, -0.05) is 12.2 Å². The van der Waals surface area contributed by atoms with E-state index in [1.165, 1.54) is 12.7 Å². The molecule has 2 atom stereocenters. The topological polar surface area (TPSA) is 76.4 Å². The molecule has 122 valence electrons. The third-order valence-electron chi connectivity index (χ3n) is 4.23. The van der Waals surface area contributed by atoms with Crippen LogP contribution in [-0.4, -0.2) is 40.6 Å². The highest BCUT2D eigenvalue weighted by Gasteiger charge is 2.19. The summed E-state index contributed by atoms with van der Waals surface area (Å²) in [4.78, 5) is 11.2. The Balaban J connectivity index is 1.92. The van der Waals surface area contributed by atoms with Crippen LogP contribution in [0.2, 0.25) is 0 Å². The number of aliphatic hydroxyl groups is 1. The summed E-state index contributed by atoms with van der Waals surface area (Å²) in [6.45, 7) is 5.49. The fourth-order valence-electron chi connectivity index (χ4n) is 2.80. The van der Waals surface area contributed by atoms with E-state index in [1.807, 2.05) is 18.5 Å². The smallest absolute Gasteiger partial charge is 0.307 e. The maximum Gasteiger partial charge on any atom is 0.307 e. The lowest BCUT2D eigenvalue weighted by atomic mass is 10.1. The molecule has 1 aromatic heterocycles. The molecule has 0 bridgehead atoms. The number of aryl methyl sites for hydroxylation is 2. The lowest BCUT2D eigenvalue weighted by molar-refractivity contribution is -0.140. The van der Waals surface area contributed by atoms with E-state index in [1.54, 1.807) is 0 Å². The van der Waals surface area contributed by atoms with Gasteiger partial charge in [-0.3, -0.25) is 9.48 Å². The van der Waals surface area contributed by atoms with Gasteiger partial charge in [-0.2, -0.15) is 5.10 Å². The van der Waals surface area contributed by atoms with E-state index in [9.17, 15) is 4.79 Å². The molecule has 0 radical (unpaired) electrons.